The summed E-state index contributed by atoms with van der Waals surface area (Å²) in [6.07, 6.45) is 6.51. The van der Waals surface area contributed by atoms with Crippen LogP contribution < -0.4 is 15.5 Å². The van der Waals surface area contributed by atoms with Gasteiger partial charge in [0.15, 0.2) is 11.1 Å². The van der Waals surface area contributed by atoms with Crippen molar-refractivity contribution in [1.29, 1.82) is 0 Å². The number of aromatic nitrogens is 1. The van der Waals surface area contributed by atoms with Crippen molar-refractivity contribution in [3.8, 4) is 0 Å². The Balaban J connectivity index is 0.00000280. The zero-order valence-electron chi connectivity index (χ0n) is 17.4. The van der Waals surface area contributed by atoms with Crippen molar-refractivity contribution < 1.29 is 4.74 Å². The van der Waals surface area contributed by atoms with E-state index in [1.54, 1.807) is 11.3 Å². The fraction of sp³-hybridized carbons (Fsp3) is 0.789. The van der Waals surface area contributed by atoms with E-state index in [9.17, 15) is 0 Å². The Morgan fingerprint density at radius 2 is 1.96 bits per heavy atom. The second-order valence-electron chi connectivity index (χ2n) is 7.68. The Morgan fingerprint density at radius 3 is 2.57 bits per heavy atom. The highest BCUT2D eigenvalue weighted by molar-refractivity contribution is 14.0. The molecule has 1 aliphatic carbocycles. The van der Waals surface area contributed by atoms with Gasteiger partial charge in [0.05, 0.1) is 25.5 Å². The van der Waals surface area contributed by atoms with E-state index in [2.05, 4.69) is 30.9 Å². The Kier molecular flexibility index (Phi) is 9.72. The molecule has 3 rings (SSSR count). The van der Waals surface area contributed by atoms with Gasteiger partial charge in [0, 0.05) is 51.7 Å². The van der Waals surface area contributed by atoms with Crippen molar-refractivity contribution in [2.24, 2.45) is 4.99 Å². The quantitative estimate of drug-likeness (QED) is 0.340. The van der Waals surface area contributed by atoms with Crippen molar-refractivity contribution in [2.45, 2.75) is 44.2 Å². The second kappa shape index (κ2) is 11.5. The minimum atomic E-state index is 0. The van der Waals surface area contributed by atoms with E-state index >= 15 is 0 Å². The lowest BCUT2D eigenvalue weighted by atomic mass is 9.80. The molecular formula is C19H35IN6OS. The monoisotopic (exact) mass is 522 g/mol. The van der Waals surface area contributed by atoms with Gasteiger partial charge in [-0.15, -0.1) is 35.3 Å². The molecule has 2 N–H and O–H groups in total. The molecule has 0 radical (unpaired) electrons. The molecule has 0 atom stereocenters. The summed E-state index contributed by atoms with van der Waals surface area (Å²) in [5, 5.41) is 10.2. The number of ether oxygens (including phenoxy) is 1. The first kappa shape index (κ1) is 23.6. The second-order valence-corrected chi connectivity index (χ2v) is 8.52. The fourth-order valence-corrected chi connectivity index (χ4v) is 4.84. The Labute approximate surface area is 190 Å². The van der Waals surface area contributed by atoms with Crippen LogP contribution in [0, 0.1) is 0 Å². The van der Waals surface area contributed by atoms with Gasteiger partial charge in [0.2, 0.25) is 0 Å². The van der Waals surface area contributed by atoms with Crippen LogP contribution in [0.15, 0.2) is 10.4 Å². The predicted octanol–water partition coefficient (Wildman–Crippen LogP) is 2.53. The molecule has 1 aliphatic heterocycles. The fourth-order valence-electron chi connectivity index (χ4n) is 4.08. The molecule has 160 valence electrons. The van der Waals surface area contributed by atoms with Gasteiger partial charge in [-0.1, -0.05) is 19.3 Å². The number of hydrogen-bond donors (Lipinski definition) is 2. The molecule has 28 heavy (non-hydrogen) atoms. The van der Waals surface area contributed by atoms with Crippen LogP contribution in [-0.4, -0.2) is 75.4 Å². The minimum absolute atomic E-state index is 0. The molecule has 9 heteroatoms. The maximum absolute atomic E-state index is 5.58. The van der Waals surface area contributed by atoms with Crippen LogP contribution >= 0.6 is 35.3 Å². The zero-order valence-corrected chi connectivity index (χ0v) is 20.5. The summed E-state index contributed by atoms with van der Waals surface area (Å²) < 4.78 is 5.58. The minimum Gasteiger partial charge on any atom is -0.379 e. The molecule has 0 amide bonds. The van der Waals surface area contributed by atoms with Crippen LogP contribution in [0.1, 0.15) is 37.8 Å². The van der Waals surface area contributed by atoms with E-state index in [1.165, 1.54) is 32.1 Å². The number of nitrogens with one attached hydrogen (secondary N) is 2. The lowest BCUT2D eigenvalue weighted by Crippen LogP contribution is -2.60. The van der Waals surface area contributed by atoms with Crippen LogP contribution in [0.4, 0.5) is 5.13 Å². The van der Waals surface area contributed by atoms with E-state index in [0.717, 1.165) is 49.6 Å². The van der Waals surface area contributed by atoms with Crippen LogP contribution in [-0.2, 0) is 11.3 Å². The number of halogens is 1. The standard InChI is InChI=1S/C19H34N6OS.HI/c1-20-17(21-13-16-14-27-18(23-16)24(2)3)22-15-19(7-5-4-6-8-19)25-9-11-26-12-10-25;/h14H,4-13,15H2,1-3H3,(H2,20,21,22);1H. The molecule has 0 unspecified atom stereocenters. The van der Waals surface area contributed by atoms with Crippen molar-refractivity contribution in [3.63, 3.8) is 0 Å². The summed E-state index contributed by atoms with van der Waals surface area (Å²) in [6, 6.07) is 0. The summed E-state index contributed by atoms with van der Waals surface area (Å²) in [5.41, 5.74) is 1.28. The van der Waals surface area contributed by atoms with Gasteiger partial charge in [-0.25, -0.2) is 4.98 Å². The van der Waals surface area contributed by atoms with Crippen molar-refractivity contribution >= 4 is 46.4 Å². The Morgan fingerprint density at radius 1 is 1.25 bits per heavy atom. The average Bonchev–Trinajstić information content (AvgIpc) is 3.19. The third kappa shape index (κ3) is 6.17. The smallest absolute Gasteiger partial charge is 0.191 e. The van der Waals surface area contributed by atoms with Crippen molar-refractivity contribution in [2.75, 3.05) is 58.9 Å². The first-order chi connectivity index (χ1) is 13.1. The molecule has 2 heterocycles. The highest BCUT2D eigenvalue weighted by Gasteiger charge is 2.38. The lowest BCUT2D eigenvalue weighted by molar-refractivity contribution is -0.0352. The highest BCUT2D eigenvalue weighted by Crippen LogP contribution is 2.33. The lowest BCUT2D eigenvalue weighted by Gasteiger charge is -2.48. The first-order valence-electron chi connectivity index (χ1n) is 10.0. The molecule has 2 aliphatic rings. The van der Waals surface area contributed by atoms with Gasteiger partial charge in [0.1, 0.15) is 0 Å². The molecule has 0 spiro atoms. The number of anilines is 1. The van der Waals surface area contributed by atoms with Gasteiger partial charge in [-0.2, -0.15) is 0 Å². The van der Waals surface area contributed by atoms with Crippen LogP contribution in [0.2, 0.25) is 0 Å². The van der Waals surface area contributed by atoms with Gasteiger partial charge in [0.25, 0.3) is 0 Å². The van der Waals surface area contributed by atoms with Gasteiger partial charge >= 0.3 is 0 Å². The third-order valence-corrected chi connectivity index (χ3v) is 6.69. The third-order valence-electron chi connectivity index (χ3n) is 5.63. The molecule has 0 bridgehead atoms. The number of aliphatic imine (C=N–C) groups is 1. The normalized spacial score (nSPS) is 20.3. The van der Waals surface area contributed by atoms with Crippen LogP contribution in [0.25, 0.3) is 0 Å². The number of guanidine groups is 1. The maximum atomic E-state index is 5.58. The summed E-state index contributed by atoms with van der Waals surface area (Å²) in [6.45, 7) is 5.42. The Bertz CT molecular complexity index is 611. The number of thiazole rings is 1. The summed E-state index contributed by atoms with van der Waals surface area (Å²) in [4.78, 5) is 13.7. The predicted molar refractivity (Wildman–Crippen MR) is 128 cm³/mol. The maximum Gasteiger partial charge on any atom is 0.191 e. The van der Waals surface area contributed by atoms with Gasteiger partial charge in [-0.05, 0) is 12.8 Å². The van der Waals surface area contributed by atoms with Crippen LogP contribution in [0.5, 0.6) is 0 Å². The molecule has 1 saturated carbocycles. The van der Waals surface area contributed by atoms with Crippen molar-refractivity contribution in [3.05, 3.63) is 11.1 Å². The number of morpholine rings is 1. The number of nitrogens with zero attached hydrogens (tertiary/aromatic N) is 4. The highest BCUT2D eigenvalue weighted by atomic mass is 127. The largest absolute Gasteiger partial charge is 0.379 e. The van der Waals surface area contributed by atoms with E-state index in [1.807, 2.05) is 26.0 Å². The van der Waals surface area contributed by atoms with E-state index in [0.29, 0.717) is 6.54 Å². The van der Waals surface area contributed by atoms with Gasteiger partial charge < -0.3 is 20.3 Å². The SMILES string of the molecule is CN=C(NCc1csc(N(C)C)n1)NCC1(N2CCOCC2)CCCCC1.I. The van der Waals surface area contributed by atoms with E-state index in [4.69, 9.17) is 4.74 Å². The molecule has 2 fully saturated rings. The molecule has 7 nitrogen and oxygen atoms in total. The molecule has 1 saturated heterocycles. The van der Waals surface area contributed by atoms with E-state index < -0.39 is 0 Å². The van der Waals surface area contributed by atoms with E-state index in [-0.39, 0.29) is 29.5 Å². The molecule has 1 aromatic rings. The molecule has 0 aromatic carbocycles. The number of hydrogen-bond acceptors (Lipinski definition) is 6. The summed E-state index contributed by atoms with van der Waals surface area (Å²) in [7, 11) is 5.88. The zero-order chi connectivity index (χ0) is 19.1. The first-order valence-corrected chi connectivity index (χ1v) is 10.9. The molecule has 1 aromatic heterocycles. The molecular weight excluding hydrogens is 487 g/mol. The number of rotatable bonds is 6. The van der Waals surface area contributed by atoms with Crippen LogP contribution in [0.3, 0.4) is 0 Å². The summed E-state index contributed by atoms with van der Waals surface area (Å²) in [5.74, 6) is 0.854. The Hall–Kier alpha value is -0.650. The average molecular weight is 523 g/mol. The van der Waals surface area contributed by atoms with Crippen molar-refractivity contribution in [1.82, 2.24) is 20.5 Å². The topological polar surface area (TPSA) is 65.0 Å². The summed E-state index contributed by atoms with van der Waals surface area (Å²) >= 11 is 1.67. The van der Waals surface area contributed by atoms with Gasteiger partial charge in [-0.3, -0.25) is 9.89 Å².